The van der Waals surface area contributed by atoms with E-state index in [1.165, 1.54) is 11.1 Å². The Bertz CT molecular complexity index is 1320. The SMILES string of the molecule is CC1(C)c2ccc(Nc3ccc4c(c3)oc3ccccc34)cc2C2C=CC=CC21. The van der Waals surface area contributed by atoms with Gasteiger partial charge in [-0.2, -0.15) is 0 Å². The first-order valence-corrected chi connectivity index (χ1v) is 10.3. The summed E-state index contributed by atoms with van der Waals surface area (Å²) in [5.41, 5.74) is 7.08. The molecular formula is C27H23NO. The number of para-hydroxylation sites is 1. The summed E-state index contributed by atoms with van der Waals surface area (Å²) in [4.78, 5) is 0. The third kappa shape index (κ3) is 2.42. The van der Waals surface area contributed by atoms with E-state index in [4.69, 9.17) is 4.42 Å². The normalized spacial score (nSPS) is 21.4. The number of nitrogens with one attached hydrogen (secondary N) is 1. The lowest BCUT2D eigenvalue weighted by molar-refractivity contribution is 0.394. The zero-order valence-corrected chi connectivity index (χ0v) is 16.6. The highest BCUT2D eigenvalue weighted by Gasteiger charge is 2.44. The quantitative estimate of drug-likeness (QED) is 0.392. The minimum absolute atomic E-state index is 0.160. The highest BCUT2D eigenvalue weighted by Crippen LogP contribution is 2.53. The summed E-state index contributed by atoms with van der Waals surface area (Å²) < 4.78 is 6.05. The Labute approximate surface area is 170 Å². The molecule has 1 heterocycles. The predicted molar refractivity (Wildman–Crippen MR) is 121 cm³/mol. The maximum absolute atomic E-state index is 6.05. The highest BCUT2D eigenvalue weighted by molar-refractivity contribution is 6.05. The van der Waals surface area contributed by atoms with Crippen LogP contribution in [-0.4, -0.2) is 0 Å². The van der Waals surface area contributed by atoms with Crippen molar-refractivity contribution in [3.8, 4) is 0 Å². The molecule has 0 radical (unpaired) electrons. The Morgan fingerprint density at radius 3 is 2.48 bits per heavy atom. The molecule has 2 aliphatic carbocycles. The van der Waals surface area contributed by atoms with Crippen molar-refractivity contribution in [2.75, 3.05) is 5.32 Å². The number of hydrogen-bond acceptors (Lipinski definition) is 2. The van der Waals surface area contributed by atoms with Crippen molar-refractivity contribution < 1.29 is 4.42 Å². The zero-order chi connectivity index (χ0) is 19.6. The highest BCUT2D eigenvalue weighted by atomic mass is 16.3. The summed E-state index contributed by atoms with van der Waals surface area (Å²) in [6.07, 6.45) is 9.09. The van der Waals surface area contributed by atoms with E-state index in [0.29, 0.717) is 11.8 Å². The molecule has 0 bridgehead atoms. The lowest BCUT2D eigenvalue weighted by Gasteiger charge is -2.29. The van der Waals surface area contributed by atoms with Crippen LogP contribution in [0.5, 0.6) is 0 Å². The summed E-state index contributed by atoms with van der Waals surface area (Å²) in [5.74, 6) is 0.995. The van der Waals surface area contributed by atoms with Crippen LogP contribution in [0.2, 0.25) is 0 Å². The van der Waals surface area contributed by atoms with Crippen molar-refractivity contribution >= 4 is 33.3 Å². The van der Waals surface area contributed by atoms with Crippen molar-refractivity contribution in [2.45, 2.75) is 25.2 Å². The van der Waals surface area contributed by atoms with Crippen LogP contribution in [-0.2, 0) is 5.41 Å². The molecule has 0 saturated carbocycles. The summed E-state index contributed by atoms with van der Waals surface area (Å²) in [6.45, 7) is 4.73. The molecule has 6 rings (SSSR count). The summed E-state index contributed by atoms with van der Waals surface area (Å²) in [7, 11) is 0. The van der Waals surface area contributed by atoms with Crippen LogP contribution in [0, 0.1) is 5.92 Å². The number of allylic oxidation sites excluding steroid dienone is 4. The molecule has 29 heavy (non-hydrogen) atoms. The van der Waals surface area contributed by atoms with E-state index in [0.717, 1.165) is 33.3 Å². The second-order valence-corrected chi connectivity index (χ2v) is 8.78. The van der Waals surface area contributed by atoms with Crippen LogP contribution >= 0.6 is 0 Å². The third-order valence-corrected chi connectivity index (χ3v) is 6.74. The molecule has 142 valence electrons. The van der Waals surface area contributed by atoms with Crippen LogP contribution in [0.15, 0.2) is 89.4 Å². The maximum Gasteiger partial charge on any atom is 0.137 e. The summed E-state index contributed by atoms with van der Waals surface area (Å²) in [5, 5.41) is 5.91. The van der Waals surface area contributed by atoms with Gasteiger partial charge >= 0.3 is 0 Å². The summed E-state index contributed by atoms with van der Waals surface area (Å²) in [6, 6.07) is 21.4. The van der Waals surface area contributed by atoms with Crippen molar-refractivity contribution in [1.29, 1.82) is 0 Å². The van der Waals surface area contributed by atoms with Crippen LogP contribution in [0.4, 0.5) is 11.4 Å². The van der Waals surface area contributed by atoms with Crippen molar-refractivity contribution in [2.24, 2.45) is 5.92 Å². The molecular weight excluding hydrogens is 354 g/mol. The molecule has 4 aromatic rings. The van der Waals surface area contributed by atoms with Gasteiger partial charge in [-0.1, -0.05) is 62.4 Å². The van der Waals surface area contributed by atoms with Crippen LogP contribution in [0.25, 0.3) is 21.9 Å². The molecule has 0 fully saturated rings. The standard InChI is InChI=1S/C27H23NO/c1-27(2)23-9-5-3-7-19(23)22-15-17(12-14-24(22)27)28-18-11-13-21-20-8-4-6-10-25(20)29-26(21)16-18/h3-16,19,23,28H,1-2H3. The molecule has 2 nitrogen and oxygen atoms in total. The fourth-order valence-corrected chi connectivity index (χ4v) is 5.25. The minimum atomic E-state index is 0.160. The average Bonchev–Trinajstić information content (AvgIpc) is 3.21. The molecule has 1 N–H and O–H groups in total. The second-order valence-electron chi connectivity index (χ2n) is 8.78. The van der Waals surface area contributed by atoms with Gasteiger partial charge in [0.25, 0.3) is 0 Å². The van der Waals surface area contributed by atoms with Gasteiger partial charge in [0.15, 0.2) is 0 Å². The van der Waals surface area contributed by atoms with Crippen molar-refractivity contribution in [3.63, 3.8) is 0 Å². The fourth-order valence-electron chi connectivity index (χ4n) is 5.25. The summed E-state index contributed by atoms with van der Waals surface area (Å²) >= 11 is 0. The Balaban J connectivity index is 1.38. The number of benzene rings is 3. The Hall–Kier alpha value is -3.26. The Kier molecular flexibility index (Phi) is 3.37. The number of rotatable bonds is 2. The molecule has 2 heteroatoms. The molecule has 2 aliphatic rings. The molecule has 3 aromatic carbocycles. The first kappa shape index (κ1) is 16.7. The molecule has 2 unspecified atom stereocenters. The lowest BCUT2D eigenvalue weighted by Crippen LogP contribution is -2.24. The second kappa shape index (κ2) is 5.87. The number of furan rings is 1. The van der Waals surface area contributed by atoms with Gasteiger partial charge in [-0.15, -0.1) is 0 Å². The van der Waals surface area contributed by atoms with E-state index in [-0.39, 0.29) is 5.41 Å². The topological polar surface area (TPSA) is 25.2 Å². The Morgan fingerprint density at radius 2 is 1.55 bits per heavy atom. The molecule has 0 aliphatic heterocycles. The van der Waals surface area contributed by atoms with Gasteiger partial charge in [-0.3, -0.25) is 0 Å². The largest absolute Gasteiger partial charge is 0.456 e. The molecule has 0 saturated heterocycles. The Morgan fingerprint density at radius 1 is 0.793 bits per heavy atom. The van der Waals surface area contributed by atoms with E-state index in [1.54, 1.807) is 0 Å². The maximum atomic E-state index is 6.05. The number of fused-ring (bicyclic) bond motifs is 6. The minimum Gasteiger partial charge on any atom is -0.456 e. The van der Waals surface area contributed by atoms with Crippen molar-refractivity contribution in [3.05, 3.63) is 96.1 Å². The van der Waals surface area contributed by atoms with Crippen LogP contribution < -0.4 is 5.32 Å². The first-order valence-electron chi connectivity index (χ1n) is 10.3. The molecule has 1 aromatic heterocycles. The zero-order valence-electron chi connectivity index (χ0n) is 16.6. The van der Waals surface area contributed by atoms with E-state index < -0.39 is 0 Å². The van der Waals surface area contributed by atoms with Crippen LogP contribution in [0.3, 0.4) is 0 Å². The van der Waals surface area contributed by atoms with E-state index in [1.807, 2.05) is 12.1 Å². The van der Waals surface area contributed by atoms with Gasteiger partial charge in [0.2, 0.25) is 0 Å². The van der Waals surface area contributed by atoms with Crippen molar-refractivity contribution in [1.82, 2.24) is 0 Å². The van der Waals surface area contributed by atoms with Crippen LogP contribution in [0.1, 0.15) is 30.9 Å². The van der Waals surface area contributed by atoms with E-state index in [9.17, 15) is 0 Å². The van der Waals surface area contributed by atoms with Gasteiger partial charge in [0.1, 0.15) is 11.2 Å². The van der Waals surface area contributed by atoms with Gasteiger partial charge in [-0.25, -0.2) is 0 Å². The first-order chi connectivity index (χ1) is 14.1. The van der Waals surface area contributed by atoms with Gasteiger partial charge < -0.3 is 9.73 Å². The van der Waals surface area contributed by atoms with E-state index >= 15 is 0 Å². The molecule has 0 spiro atoms. The smallest absolute Gasteiger partial charge is 0.137 e. The van der Waals surface area contributed by atoms with Gasteiger partial charge in [0, 0.05) is 34.1 Å². The molecule has 2 atom stereocenters. The van der Waals surface area contributed by atoms with E-state index in [2.05, 4.69) is 92.0 Å². The number of hydrogen-bond donors (Lipinski definition) is 1. The molecule has 0 amide bonds. The monoisotopic (exact) mass is 377 g/mol. The van der Waals surface area contributed by atoms with Gasteiger partial charge in [-0.05, 0) is 52.8 Å². The van der Waals surface area contributed by atoms with Gasteiger partial charge in [0.05, 0.1) is 0 Å². The lowest BCUT2D eigenvalue weighted by atomic mass is 9.74. The average molecular weight is 377 g/mol. The number of anilines is 2. The predicted octanol–water partition coefficient (Wildman–Crippen LogP) is 7.45. The fraction of sp³-hybridized carbons (Fsp3) is 0.185. The third-order valence-electron chi connectivity index (χ3n) is 6.74.